The maximum absolute atomic E-state index is 13.6. The van der Waals surface area contributed by atoms with Crippen LogP contribution < -0.4 is 0 Å². The number of carbonyl (C=O) groups excluding carboxylic acids is 1. The van der Waals surface area contributed by atoms with Crippen molar-refractivity contribution >= 4 is 5.91 Å². The first-order chi connectivity index (χ1) is 12.2. The van der Waals surface area contributed by atoms with Gasteiger partial charge in [-0.2, -0.15) is 0 Å². The second-order valence-electron chi connectivity index (χ2n) is 7.52. The number of likely N-dealkylation sites (N-methyl/N-ethyl adjacent to an activating group) is 1. The summed E-state index contributed by atoms with van der Waals surface area (Å²) >= 11 is 0. The fraction of sp³-hybridized carbons (Fsp3) is 0.650. The van der Waals surface area contributed by atoms with E-state index in [-0.39, 0.29) is 5.91 Å². The summed E-state index contributed by atoms with van der Waals surface area (Å²) < 4.78 is 0. The highest BCUT2D eigenvalue weighted by molar-refractivity contribution is 5.87. The van der Waals surface area contributed by atoms with Crippen LogP contribution in [-0.4, -0.2) is 72.2 Å². The van der Waals surface area contributed by atoms with E-state index in [1.807, 2.05) is 0 Å². The van der Waals surface area contributed by atoms with Gasteiger partial charge in [-0.25, -0.2) is 5.06 Å². The first-order valence-corrected chi connectivity index (χ1v) is 9.72. The molecule has 0 unspecified atom stereocenters. The first-order valence-electron chi connectivity index (χ1n) is 9.72. The topological polar surface area (TPSA) is 36.0 Å². The maximum atomic E-state index is 13.6. The number of amides is 1. The number of piperazine rings is 1. The Morgan fingerprint density at radius 2 is 1.72 bits per heavy atom. The molecule has 2 heterocycles. The Labute approximate surface area is 150 Å². The van der Waals surface area contributed by atoms with Crippen LogP contribution in [0.1, 0.15) is 30.9 Å². The van der Waals surface area contributed by atoms with E-state index < -0.39 is 5.54 Å². The van der Waals surface area contributed by atoms with Crippen LogP contribution in [0, 0.1) is 0 Å². The van der Waals surface area contributed by atoms with E-state index in [1.165, 1.54) is 11.1 Å². The summed E-state index contributed by atoms with van der Waals surface area (Å²) in [7, 11) is 0. The van der Waals surface area contributed by atoms with Gasteiger partial charge in [-0.15, -0.1) is 0 Å². The van der Waals surface area contributed by atoms with Crippen molar-refractivity contribution in [2.24, 2.45) is 0 Å². The normalized spacial score (nSPS) is 24.3. The number of carbonyl (C=O) groups is 1. The lowest BCUT2D eigenvalue weighted by molar-refractivity contribution is -0.209. The zero-order valence-electron chi connectivity index (χ0n) is 15.2. The fourth-order valence-electron chi connectivity index (χ4n) is 4.59. The fourth-order valence-corrected chi connectivity index (χ4v) is 4.59. The van der Waals surface area contributed by atoms with Crippen LogP contribution in [0.5, 0.6) is 0 Å². The lowest BCUT2D eigenvalue weighted by Gasteiger charge is -2.46. The van der Waals surface area contributed by atoms with Crippen molar-refractivity contribution in [3.05, 3.63) is 35.4 Å². The molecule has 0 saturated carbocycles. The number of fused-ring (bicyclic) bond motifs is 1. The third-order valence-electron chi connectivity index (χ3n) is 6.14. The number of hydrogen-bond donors (Lipinski definition) is 0. The van der Waals surface area contributed by atoms with Crippen molar-refractivity contribution in [2.75, 3.05) is 45.9 Å². The summed E-state index contributed by atoms with van der Waals surface area (Å²) in [5.41, 5.74) is 2.19. The Bertz CT molecular complexity index is 594. The lowest BCUT2D eigenvalue weighted by atomic mass is 9.90. The highest BCUT2D eigenvalue weighted by Crippen LogP contribution is 2.37. The minimum absolute atomic E-state index is 0.174. The van der Waals surface area contributed by atoms with Gasteiger partial charge in [0.25, 0.3) is 5.91 Å². The Morgan fingerprint density at radius 1 is 1.04 bits per heavy atom. The number of rotatable bonds is 3. The molecule has 4 rings (SSSR count). The molecule has 25 heavy (non-hydrogen) atoms. The van der Waals surface area contributed by atoms with Crippen molar-refractivity contribution in [2.45, 2.75) is 38.1 Å². The average Bonchev–Trinajstić information content (AvgIpc) is 3.09. The van der Waals surface area contributed by atoms with Gasteiger partial charge in [0, 0.05) is 45.6 Å². The van der Waals surface area contributed by atoms with Crippen molar-refractivity contribution in [1.29, 1.82) is 0 Å². The number of benzene rings is 1. The summed E-state index contributed by atoms with van der Waals surface area (Å²) in [6.45, 7) is 8.70. The van der Waals surface area contributed by atoms with E-state index in [4.69, 9.17) is 4.84 Å². The van der Waals surface area contributed by atoms with Gasteiger partial charge in [0.15, 0.2) is 0 Å². The predicted molar refractivity (Wildman–Crippen MR) is 97.2 cm³/mol. The van der Waals surface area contributed by atoms with Gasteiger partial charge in [-0.1, -0.05) is 31.2 Å². The van der Waals surface area contributed by atoms with Crippen molar-refractivity contribution in [3.63, 3.8) is 0 Å². The molecule has 136 valence electrons. The predicted octanol–water partition coefficient (Wildman–Crippen LogP) is 1.72. The Balaban J connectivity index is 1.61. The summed E-state index contributed by atoms with van der Waals surface area (Å²) in [4.78, 5) is 24.3. The van der Waals surface area contributed by atoms with Crippen LogP contribution in [0.15, 0.2) is 24.3 Å². The molecule has 0 bridgehead atoms. The van der Waals surface area contributed by atoms with Gasteiger partial charge in [0.1, 0.15) is 5.54 Å². The largest absolute Gasteiger partial charge is 0.301 e. The van der Waals surface area contributed by atoms with Crippen LogP contribution in [0.3, 0.4) is 0 Å². The molecule has 5 heteroatoms. The van der Waals surface area contributed by atoms with E-state index in [9.17, 15) is 4.79 Å². The summed E-state index contributed by atoms with van der Waals surface area (Å²) in [6.07, 6.45) is 3.71. The van der Waals surface area contributed by atoms with E-state index in [2.05, 4.69) is 41.0 Å². The second kappa shape index (κ2) is 7.06. The SMILES string of the molecule is CCN1CCN(C2(C(=O)N3CCCCO3)Cc3ccccc3C2)CC1. The van der Waals surface area contributed by atoms with Gasteiger partial charge in [-0.05, 0) is 30.5 Å². The molecule has 2 aliphatic heterocycles. The second-order valence-corrected chi connectivity index (χ2v) is 7.52. The molecule has 1 aromatic carbocycles. The van der Waals surface area contributed by atoms with Gasteiger partial charge in [-0.3, -0.25) is 14.5 Å². The highest BCUT2D eigenvalue weighted by atomic mass is 16.7. The third-order valence-corrected chi connectivity index (χ3v) is 6.14. The van der Waals surface area contributed by atoms with Crippen LogP contribution in [0.2, 0.25) is 0 Å². The number of hydroxylamine groups is 2. The molecule has 0 aromatic heterocycles. The molecule has 2 fully saturated rings. The zero-order valence-corrected chi connectivity index (χ0v) is 15.2. The average molecular weight is 343 g/mol. The number of hydrogen-bond acceptors (Lipinski definition) is 4. The minimum Gasteiger partial charge on any atom is -0.301 e. The summed E-state index contributed by atoms with van der Waals surface area (Å²) in [5, 5.41) is 1.67. The molecular weight excluding hydrogens is 314 g/mol. The summed E-state index contributed by atoms with van der Waals surface area (Å²) in [5.74, 6) is 0.174. The van der Waals surface area contributed by atoms with Crippen LogP contribution in [0.25, 0.3) is 0 Å². The van der Waals surface area contributed by atoms with Gasteiger partial charge in [0.05, 0.1) is 6.61 Å². The quantitative estimate of drug-likeness (QED) is 0.837. The summed E-state index contributed by atoms with van der Waals surface area (Å²) in [6, 6.07) is 8.55. The molecule has 1 aliphatic carbocycles. The van der Waals surface area contributed by atoms with Crippen LogP contribution in [-0.2, 0) is 22.5 Å². The Hall–Kier alpha value is -1.43. The van der Waals surface area contributed by atoms with Gasteiger partial charge in [0.2, 0.25) is 0 Å². The van der Waals surface area contributed by atoms with Crippen LogP contribution >= 0.6 is 0 Å². The van der Waals surface area contributed by atoms with E-state index >= 15 is 0 Å². The maximum Gasteiger partial charge on any atom is 0.267 e. The zero-order chi connectivity index (χ0) is 17.3. The highest BCUT2D eigenvalue weighted by Gasteiger charge is 2.51. The molecule has 2 saturated heterocycles. The molecule has 5 nitrogen and oxygen atoms in total. The van der Waals surface area contributed by atoms with Gasteiger partial charge >= 0.3 is 0 Å². The molecule has 1 aromatic rings. The van der Waals surface area contributed by atoms with E-state index in [0.29, 0.717) is 6.61 Å². The standard InChI is InChI=1S/C20H29N3O2/c1-2-21-10-12-22(13-11-21)20(19(24)23-9-5-6-14-25-23)15-17-7-3-4-8-18(17)16-20/h3-4,7-8H,2,5-6,9-16H2,1H3. The molecule has 0 N–H and O–H groups in total. The van der Waals surface area contributed by atoms with Crippen LogP contribution in [0.4, 0.5) is 0 Å². The lowest BCUT2D eigenvalue weighted by Crippen LogP contribution is -2.65. The molecule has 0 spiro atoms. The van der Waals surface area contributed by atoms with E-state index in [0.717, 1.165) is 65.0 Å². The first kappa shape index (κ1) is 17.0. The van der Waals surface area contributed by atoms with Crippen molar-refractivity contribution in [3.8, 4) is 0 Å². The van der Waals surface area contributed by atoms with Crippen molar-refractivity contribution < 1.29 is 9.63 Å². The smallest absolute Gasteiger partial charge is 0.267 e. The van der Waals surface area contributed by atoms with Gasteiger partial charge < -0.3 is 4.90 Å². The molecule has 1 amide bonds. The van der Waals surface area contributed by atoms with E-state index in [1.54, 1.807) is 5.06 Å². The number of nitrogens with zero attached hydrogens (tertiary/aromatic N) is 3. The molecule has 0 radical (unpaired) electrons. The monoisotopic (exact) mass is 343 g/mol. The molecule has 3 aliphatic rings. The molecular formula is C20H29N3O2. The minimum atomic E-state index is -0.457. The third kappa shape index (κ3) is 3.09. The molecule has 0 atom stereocenters. The Morgan fingerprint density at radius 3 is 2.28 bits per heavy atom. The van der Waals surface area contributed by atoms with Crippen molar-refractivity contribution in [1.82, 2.24) is 14.9 Å². The Kier molecular flexibility index (Phi) is 4.80.